The summed E-state index contributed by atoms with van der Waals surface area (Å²) in [5, 5.41) is 10.3. The highest BCUT2D eigenvalue weighted by Gasteiger charge is 2.32. The number of nitrogens with one attached hydrogen (secondary N) is 2. The Morgan fingerprint density at radius 2 is 1.72 bits per heavy atom. The normalized spacial score (nSPS) is 18.6. The van der Waals surface area contributed by atoms with Crippen LogP contribution >= 0.6 is 11.6 Å². The van der Waals surface area contributed by atoms with E-state index in [1.54, 1.807) is 24.7 Å². The summed E-state index contributed by atoms with van der Waals surface area (Å²) < 4.78 is 59.5. The van der Waals surface area contributed by atoms with Gasteiger partial charge >= 0.3 is 0 Å². The van der Waals surface area contributed by atoms with Crippen LogP contribution in [0.25, 0.3) is 0 Å². The van der Waals surface area contributed by atoms with Crippen molar-refractivity contribution in [1.29, 1.82) is 0 Å². The molecule has 3 fully saturated rings. The first kappa shape index (κ1) is 30.1. The van der Waals surface area contributed by atoms with Gasteiger partial charge in [-0.25, -0.2) is 26.1 Å². The summed E-state index contributed by atoms with van der Waals surface area (Å²) in [4.78, 5) is 8.91. The van der Waals surface area contributed by atoms with Gasteiger partial charge in [0.1, 0.15) is 10.8 Å². The highest BCUT2D eigenvalue weighted by Crippen LogP contribution is 2.40. The molecule has 6 rings (SSSR count). The Morgan fingerprint density at radius 3 is 2.35 bits per heavy atom. The maximum atomic E-state index is 13.1. The molecule has 2 aromatic heterocycles. The van der Waals surface area contributed by atoms with Crippen molar-refractivity contribution < 1.29 is 21.6 Å². The fraction of sp³-hybridized carbons (Fsp3) is 0.536. The van der Waals surface area contributed by atoms with Crippen LogP contribution in [0.4, 0.5) is 23.1 Å². The van der Waals surface area contributed by atoms with Crippen LogP contribution in [0, 0.1) is 0 Å². The molecule has 1 saturated heterocycles. The van der Waals surface area contributed by atoms with Gasteiger partial charge in [-0.05, 0) is 76.0 Å². The number of nitrogens with zero attached hydrogens (tertiary/aromatic N) is 5. The van der Waals surface area contributed by atoms with E-state index in [0.29, 0.717) is 30.2 Å². The fourth-order valence-electron chi connectivity index (χ4n) is 5.06. The van der Waals surface area contributed by atoms with Crippen LogP contribution in [0.1, 0.15) is 69.9 Å². The van der Waals surface area contributed by atoms with Crippen molar-refractivity contribution in [3.05, 3.63) is 41.2 Å². The van der Waals surface area contributed by atoms with Crippen LogP contribution < -0.4 is 15.4 Å². The third-order valence-electron chi connectivity index (χ3n) is 7.97. The molecule has 0 unspecified atom stereocenters. The summed E-state index contributed by atoms with van der Waals surface area (Å²) in [6.07, 6.45) is 9.90. The molecule has 15 heteroatoms. The number of rotatable bonds is 11. The smallest absolute Gasteiger partial charge is 0.229 e. The number of anilines is 4. The minimum absolute atomic E-state index is 0.0309. The molecule has 0 spiro atoms. The second-order valence-corrected chi connectivity index (χ2v) is 16.6. The molecule has 232 valence electrons. The van der Waals surface area contributed by atoms with Gasteiger partial charge in [-0.2, -0.15) is 10.1 Å². The van der Waals surface area contributed by atoms with Gasteiger partial charge in [-0.15, -0.1) is 0 Å². The highest BCUT2D eigenvalue weighted by molar-refractivity contribution is 7.92. The van der Waals surface area contributed by atoms with E-state index in [4.69, 9.17) is 16.3 Å². The fourth-order valence-corrected chi connectivity index (χ4v) is 7.14. The largest absolute Gasteiger partial charge is 0.488 e. The molecule has 2 aliphatic carbocycles. The van der Waals surface area contributed by atoms with E-state index < -0.39 is 25.1 Å². The maximum absolute atomic E-state index is 13.1. The molecule has 0 atom stereocenters. The summed E-state index contributed by atoms with van der Waals surface area (Å²) in [6, 6.07) is 6.16. The molecule has 1 aliphatic heterocycles. The Hall–Kier alpha value is -2.94. The number of hydrogen-bond donors (Lipinski definition) is 2. The molecule has 0 radical (unpaired) electrons. The second kappa shape index (κ2) is 11.5. The predicted octanol–water partition coefficient (Wildman–Crippen LogP) is 5.01. The number of ether oxygens (including phenoxy) is 1. The van der Waals surface area contributed by atoms with Crippen molar-refractivity contribution in [2.75, 3.05) is 30.0 Å². The topological polar surface area (TPSA) is 148 Å². The molecule has 43 heavy (non-hydrogen) atoms. The molecule has 3 aromatic rings. The monoisotopic (exact) mass is 649 g/mol. The van der Waals surface area contributed by atoms with Crippen LogP contribution in [0.3, 0.4) is 0 Å². The van der Waals surface area contributed by atoms with Crippen LogP contribution in [0.15, 0.2) is 35.6 Å². The van der Waals surface area contributed by atoms with E-state index in [9.17, 15) is 16.8 Å². The van der Waals surface area contributed by atoms with E-state index in [1.807, 2.05) is 18.2 Å². The second-order valence-electron chi connectivity index (χ2n) is 11.8. The third kappa shape index (κ3) is 6.76. The Balaban J connectivity index is 1.24. The van der Waals surface area contributed by atoms with Crippen LogP contribution in [0.2, 0.25) is 5.02 Å². The van der Waals surface area contributed by atoms with Gasteiger partial charge in [0.05, 0.1) is 47.4 Å². The molecule has 0 amide bonds. The predicted molar refractivity (Wildman–Crippen MR) is 165 cm³/mol. The van der Waals surface area contributed by atoms with Crippen molar-refractivity contribution in [2.45, 2.75) is 80.7 Å². The average molecular weight is 650 g/mol. The SMILES string of the molecule is CC(C)S(=O)(=O)c1nn(C2CC2)cc1Nc1nc(Nc2ccc(C3CCN(S(C)(=O)=O)CC3)cc2OC2CC2)ncc1Cl. The molecule has 2 N–H and O–H groups in total. The first-order valence-corrected chi connectivity index (χ1v) is 18.3. The molecular formula is C28H36ClN7O5S2. The molecule has 3 heterocycles. The Bertz CT molecular complexity index is 1730. The zero-order valence-electron chi connectivity index (χ0n) is 24.3. The summed E-state index contributed by atoms with van der Waals surface area (Å²) in [5.74, 6) is 1.40. The third-order valence-corrected chi connectivity index (χ3v) is 11.6. The van der Waals surface area contributed by atoms with Gasteiger partial charge < -0.3 is 15.4 Å². The molecule has 12 nitrogen and oxygen atoms in total. The summed E-state index contributed by atoms with van der Waals surface area (Å²) in [7, 11) is -6.86. The summed E-state index contributed by atoms with van der Waals surface area (Å²) in [5.41, 5.74) is 2.10. The first-order valence-electron chi connectivity index (χ1n) is 14.5. The van der Waals surface area contributed by atoms with E-state index in [0.717, 1.165) is 44.1 Å². The minimum atomic E-state index is -3.66. The van der Waals surface area contributed by atoms with Crippen molar-refractivity contribution in [1.82, 2.24) is 24.1 Å². The van der Waals surface area contributed by atoms with Gasteiger partial charge in [-0.1, -0.05) is 17.7 Å². The van der Waals surface area contributed by atoms with E-state index in [-0.39, 0.29) is 39.9 Å². The average Bonchev–Trinajstić information content (AvgIpc) is 3.90. The number of piperidine rings is 1. The van der Waals surface area contributed by atoms with Gasteiger partial charge in [0.2, 0.25) is 30.8 Å². The van der Waals surface area contributed by atoms with Crippen molar-refractivity contribution in [3.63, 3.8) is 0 Å². The Labute approximate surface area is 257 Å². The highest BCUT2D eigenvalue weighted by atomic mass is 35.5. The van der Waals surface area contributed by atoms with Crippen molar-refractivity contribution in [2.24, 2.45) is 0 Å². The van der Waals surface area contributed by atoms with Gasteiger partial charge in [-0.3, -0.25) is 4.68 Å². The molecule has 2 saturated carbocycles. The number of aromatic nitrogens is 4. The number of sulfonamides is 1. The van der Waals surface area contributed by atoms with E-state index in [1.165, 1.54) is 16.8 Å². The first-order chi connectivity index (χ1) is 20.4. The molecular weight excluding hydrogens is 614 g/mol. The quantitative estimate of drug-likeness (QED) is 0.290. The number of benzene rings is 1. The zero-order valence-corrected chi connectivity index (χ0v) is 26.7. The molecule has 1 aromatic carbocycles. The summed E-state index contributed by atoms with van der Waals surface area (Å²) >= 11 is 6.46. The van der Waals surface area contributed by atoms with E-state index >= 15 is 0 Å². The Morgan fingerprint density at radius 1 is 1.00 bits per heavy atom. The lowest BCUT2D eigenvalue weighted by atomic mass is 9.90. The lowest BCUT2D eigenvalue weighted by molar-refractivity contribution is 0.301. The van der Waals surface area contributed by atoms with Crippen LogP contribution in [-0.2, 0) is 19.9 Å². The summed E-state index contributed by atoms with van der Waals surface area (Å²) in [6.45, 7) is 4.24. The van der Waals surface area contributed by atoms with E-state index in [2.05, 4.69) is 25.7 Å². The standard InChI is InChI=1S/C28H36ClN7O5S2/c1-17(2)43(39,40)27-24(16-36(34-27)20-5-6-20)31-26-22(29)15-30-28(33-26)32-23-9-4-19(14-25(23)41-21-7-8-21)18-10-12-35(13-11-18)42(3,37)38/h4,9,14-18,20-21H,5-8,10-13H2,1-3H3,(H2,30,31,32,33). The zero-order chi connectivity index (χ0) is 30.5. The lowest BCUT2D eigenvalue weighted by Gasteiger charge is -2.30. The molecule has 3 aliphatic rings. The molecule has 0 bridgehead atoms. The van der Waals surface area contributed by atoms with Gasteiger partial charge in [0, 0.05) is 13.1 Å². The number of sulfone groups is 1. The van der Waals surface area contributed by atoms with Crippen LogP contribution in [0.5, 0.6) is 5.75 Å². The number of hydrogen-bond acceptors (Lipinski definition) is 10. The minimum Gasteiger partial charge on any atom is -0.488 e. The van der Waals surface area contributed by atoms with Gasteiger partial charge in [0.15, 0.2) is 5.82 Å². The Kier molecular flexibility index (Phi) is 8.07. The van der Waals surface area contributed by atoms with Crippen molar-refractivity contribution >= 4 is 54.6 Å². The number of halogens is 1. The van der Waals surface area contributed by atoms with Crippen LogP contribution in [-0.4, -0.2) is 71.6 Å². The van der Waals surface area contributed by atoms with Gasteiger partial charge in [0.25, 0.3) is 0 Å². The maximum Gasteiger partial charge on any atom is 0.229 e. The van der Waals surface area contributed by atoms with Crippen molar-refractivity contribution in [3.8, 4) is 5.75 Å². The lowest BCUT2D eigenvalue weighted by Crippen LogP contribution is -2.37.